The maximum absolute atomic E-state index is 6.40. The van der Waals surface area contributed by atoms with Gasteiger partial charge in [-0.25, -0.2) is 4.99 Å². The molecule has 1 atom stereocenters. The van der Waals surface area contributed by atoms with E-state index in [2.05, 4.69) is 216 Å². The normalized spacial score (nSPS) is 15.7. The Morgan fingerprint density at radius 3 is 1.91 bits per heavy atom. The van der Waals surface area contributed by atoms with E-state index >= 15 is 0 Å². The number of fused-ring (bicyclic) bond motifs is 8. The first-order valence-corrected chi connectivity index (χ1v) is 25.3. The molecule has 0 saturated carbocycles. The first-order chi connectivity index (χ1) is 37.1. The van der Waals surface area contributed by atoms with E-state index in [1.165, 1.54) is 5.39 Å². The van der Waals surface area contributed by atoms with Crippen molar-refractivity contribution in [3.8, 4) is 39.4 Å². The van der Waals surface area contributed by atoms with Crippen LogP contribution in [0.3, 0.4) is 0 Å². The standard InChI is InChI=1S/C69H55N5O/c1-4-6-11-33-60-54-27-22-30-57(46-54)73(56-41-43-59(44-42-56)75-58-31-17-10-18-32-58)66-48-67-63(61-34-19-20-36-65(61)74(67)55-28-15-9-16-29-55)47-62(66)53-26-21-25-52(45-53)49-37-39-51(40-38-49)68(70-3)72-69(50-23-13-8-14-24-50)71-64(60)35-12-7-5-2/h4-34,36-48,64H,1-2,35H2,3H3,(H,70,71,72)/b11-6-,12-7-,60-33-. The first kappa shape index (κ1) is 47.5. The SMILES string of the molecule is C=C/C=C\C=C1\c2cccc(c2)N(c2ccc(Oc3ccccc3)cc2)c2cc3c(cc2-c2cccc(c2)-c2ccc(cc2)/C(NC)=N/C(c2ccccc2)=N\C1C/C=C\C=C)c1ccccc1n3-c1ccccc1. The van der Waals surface area contributed by atoms with Crippen molar-refractivity contribution in [3.63, 3.8) is 0 Å². The van der Waals surface area contributed by atoms with E-state index in [1.54, 1.807) is 6.08 Å². The molecule has 2 aliphatic rings. The fraction of sp³-hybridized carbons (Fsp3) is 0.0435. The molecule has 75 heavy (non-hydrogen) atoms. The number of anilines is 3. The van der Waals surface area contributed by atoms with Crippen molar-refractivity contribution >= 4 is 56.1 Å². The van der Waals surface area contributed by atoms with Gasteiger partial charge in [-0.1, -0.05) is 195 Å². The number of ether oxygens (including phenoxy) is 1. The highest BCUT2D eigenvalue weighted by Crippen LogP contribution is 2.47. The zero-order valence-electron chi connectivity index (χ0n) is 41.8. The number of amidine groups is 2. The largest absolute Gasteiger partial charge is 0.457 e. The molecule has 10 aromatic rings. The highest BCUT2D eigenvalue weighted by molar-refractivity contribution is 6.14. The second-order valence-electron chi connectivity index (χ2n) is 18.2. The number of hydrogen-bond donors (Lipinski definition) is 1. The summed E-state index contributed by atoms with van der Waals surface area (Å²) >= 11 is 0. The average Bonchev–Trinajstić information content (AvgIpc) is 3.83. The van der Waals surface area contributed by atoms with Crippen LogP contribution in [0.5, 0.6) is 11.5 Å². The van der Waals surface area contributed by atoms with Crippen LogP contribution in [0.4, 0.5) is 17.1 Å². The van der Waals surface area contributed by atoms with E-state index in [4.69, 9.17) is 14.7 Å². The quantitative estimate of drug-likeness (QED) is 0.139. The van der Waals surface area contributed by atoms with Gasteiger partial charge < -0.3 is 19.5 Å². The summed E-state index contributed by atoms with van der Waals surface area (Å²) < 4.78 is 8.79. The maximum Gasteiger partial charge on any atom is 0.157 e. The van der Waals surface area contributed by atoms with E-state index in [9.17, 15) is 0 Å². The average molecular weight is 970 g/mol. The van der Waals surface area contributed by atoms with Crippen molar-refractivity contribution in [2.24, 2.45) is 9.98 Å². The second kappa shape index (κ2) is 21.9. The number of rotatable bonds is 10. The Morgan fingerprint density at radius 2 is 1.15 bits per heavy atom. The van der Waals surface area contributed by atoms with Crippen LogP contribution in [0, 0.1) is 0 Å². The summed E-state index contributed by atoms with van der Waals surface area (Å²) in [5.41, 5.74) is 14.4. The van der Waals surface area contributed by atoms with E-state index < -0.39 is 0 Å². The van der Waals surface area contributed by atoms with Gasteiger partial charge in [0.15, 0.2) is 5.84 Å². The van der Waals surface area contributed by atoms with Gasteiger partial charge in [-0.05, 0) is 119 Å². The summed E-state index contributed by atoms with van der Waals surface area (Å²) in [5.74, 6) is 2.82. The van der Waals surface area contributed by atoms with Crippen molar-refractivity contribution in [2.45, 2.75) is 12.5 Å². The Morgan fingerprint density at radius 1 is 0.507 bits per heavy atom. The Balaban J connectivity index is 1.23. The molecular formula is C69H55N5O. The Labute approximate surface area is 439 Å². The Hall–Kier alpha value is -9.78. The number of hydrogen-bond acceptors (Lipinski definition) is 5. The zero-order chi connectivity index (χ0) is 50.9. The fourth-order valence-corrected chi connectivity index (χ4v) is 9.97. The number of aromatic nitrogens is 1. The number of benzene rings is 9. The molecule has 0 spiro atoms. The third-order valence-corrected chi connectivity index (χ3v) is 13.5. The molecule has 362 valence electrons. The van der Waals surface area contributed by atoms with Gasteiger partial charge in [0, 0.05) is 51.6 Å². The zero-order valence-corrected chi connectivity index (χ0v) is 41.8. The molecule has 1 N–H and O–H groups in total. The molecule has 6 nitrogen and oxygen atoms in total. The van der Waals surface area contributed by atoms with Gasteiger partial charge in [-0.15, -0.1) is 0 Å². The monoisotopic (exact) mass is 969 g/mol. The second-order valence-corrected chi connectivity index (χ2v) is 18.2. The lowest BCUT2D eigenvalue weighted by Gasteiger charge is -2.29. The molecule has 2 aliphatic heterocycles. The third kappa shape index (κ3) is 10.1. The summed E-state index contributed by atoms with van der Waals surface area (Å²) in [6, 6.07) is 78.7. The molecule has 0 fully saturated rings. The van der Waals surface area contributed by atoms with Crippen molar-refractivity contribution in [1.82, 2.24) is 9.88 Å². The van der Waals surface area contributed by atoms with Crippen LogP contribution >= 0.6 is 0 Å². The third-order valence-electron chi connectivity index (χ3n) is 13.5. The molecule has 6 heteroatoms. The van der Waals surface area contributed by atoms with Crippen LogP contribution in [0.2, 0.25) is 0 Å². The van der Waals surface area contributed by atoms with Crippen molar-refractivity contribution in [3.05, 3.63) is 297 Å². The Kier molecular flexibility index (Phi) is 13.9. The summed E-state index contributed by atoms with van der Waals surface area (Å²) in [6.07, 6.45) is 14.4. The number of allylic oxidation sites excluding steroid dienone is 6. The molecule has 0 radical (unpaired) electrons. The molecule has 9 aromatic carbocycles. The molecule has 0 amide bonds. The summed E-state index contributed by atoms with van der Waals surface area (Å²) in [6.45, 7) is 8.03. The highest BCUT2D eigenvalue weighted by atomic mass is 16.5. The van der Waals surface area contributed by atoms with Crippen LogP contribution in [0.1, 0.15) is 23.1 Å². The number of nitrogens with one attached hydrogen (secondary N) is 1. The van der Waals surface area contributed by atoms with E-state index in [1.807, 2.05) is 79.9 Å². The Bertz CT molecular complexity index is 3830. The maximum atomic E-state index is 6.40. The predicted molar refractivity (Wildman–Crippen MR) is 316 cm³/mol. The fourth-order valence-electron chi connectivity index (χ4n) is 9.97. The summed E-state index contributed by atoms with van der Waals surface area (Å²) in [7, 11) is 1.91. The van der Waals surface area contributed by atoms with Crippen molar-refractivity contribution < 1.29 is 4.74 Å². The number of para-hydroxylation sites is 3. The lowest BCUT2D eigenvalue weighted by atomic mass is 9.93. The van der Waals surface area contributed by atoms with E-state index in [0.29, 0.717) is 18.1 Å². The van der Waals surface area contributed by atoms with Gasteiger partial charge >= 0.3 is 0 Å². The van der Waals surface area contributed by atoms with Crippen molar-refractivity contribution in [2.75, 3.05) is 11.9 Å². The van der Waals surface area contributed by atoms with Crippen LogP contribution in [0.15, 0.2) is 290 Å². The lowest BCUT2D eigenvalue weighted by Crippen LogP contribution is -2.22. The topological polar surface area (TPSA) is 54.1 Å². The minimum Gasteiger partial charge on any atom is -0.457 e. The molecule has 0 saturated heterocycles. The van der Waals surface area contributed by atoms with Gasteiger partial charge in [-0.2, -0.15) is 0 Å². The van der Waals surface area contributed by atoms with Crippen LogP contribution in [-0.2, 0) is 0 Å². The highest BCUT2D eigenvalue weighted by Gasteiger charge is 2.25. The van der Waals surface area contributed by atoms with Crippen LogP contribution < -0.4 is 15.0 Å². The number of aliphatic imine (C=N–C) groups is 2. The summed E-state index contributed by atoms with van der Waals surface area (Å²) in [5, 5.41) is 5.75. The molecule has 1 unspecified atom stereocenters. The van der Waals surface area contributed by atoms with Gasteiger partial charge in [0.25, 0.3) is 0 Å². The molecular weight excluding hydrogens is 915 g/mol. The molecule has 6 bridgehead atoms. The minimum absolute atomic E-state index is 0.384. The van der Waals surface area contributed by atoms with E-state index in [-0.39, 0.29) is 6.04 Å². The minimum atomic E-state index is -0.384. The molecule has 0 aliphatic carbocycles. The first-order valence-electron chi connectivity index (χ1n) is 25.3. The number of nitrogens with zero attached hydrogens (tertiary/aromatic N) is 4. The van der Waals surface area contributed by atoms with Gasteiger partial charge in [0.1, 0.15) is 17.3 Å². The van der Waals surface area contributed by atoms with Crippen LogP contribution in [0.25, 0.3) is 55.3 Å². The van der Waals surface area contributed by atoms with Crippen LogP contribution in [-0.4, -0.2) is 29.3 Å². The van der Waals surface area contributed by atoms with Gasteiger partial charge in [0.2, 0.25) is 0 Å². The lowest BCUT2D eigenvalue weighted by molar-refractivity contribution is 0.483. The molecule has 12 rings (SSSR count). The molecule has 3 heterocycles. The van der Waals surface area contributed by atoms with Gasteiger partial charge in [0.05, 0.1) is 22.8 Å². The van der Waals surface area contributed by atoms with E-state index in [0.717, 1.165) is 95.2 Å². The molecule has 1 aromatic heterocycles. The smallest absolute Gasteiger partial charge is 0.157 e. The summed E-state index contributed by atoms with van der Waals surface area (Å²) in [4.78, 5) is 13.4. The van der Waals surface area contributed by atoms with Gasteiger partial charge in [-0.3, -0.25) is 4.99 Å². The predicted octanol–water partition coefficient (Wildman–Crippen LogP) is 17.4. The van der Waals surface area contributed by atoms with Crippen molar-refractivity contribution in [1.29, 1.82) is 0 Å².